The Kier molecular flexibility index (Phi) is 7.64. The Balaban J connectivity index is 1.54. The SMILES string of the molecule is CCCCC(=O)Nc1ccc(NC(=O)CSc2nnc(-c3cccs3)n2C)c(C)c1. The summed E-state index contributed by atoms with van der Waals surface area (Å²) in [6, 6.07) is 9.44. The fraction of sp³-hybridized carbons (Fsp3) is 0.333. The van der Waals surface area contributed by atoms with E-state index in [2.05, 4.69) is 27.8 Å². The van der Waals surface area contributed by atoms with Crippen molar-refractivity contribution in [1.29, 1.82) is 0 Å². The van der Waals surface area contributed by atoms with Crippen LogP contribution in [-0.2, 0) is 16.6 Å². The number of carbonyl (C=O) groups excluding carboxylic acids is 2. The Bertz CT molecular complexity index is 1010. The summed E-state index contributed by atoms with van der Waals surface area (Å²) in [5.41, 5.74) is 2.35. The Morgan fingerprint density at radius 3 is 2.70 bits per heavy atom. The maximum atomic E-state index is 12.4. The van der Waals surface area contributed by atoms with Gasteiger partial charge in [0.25, 0.3) is 0 Å². The van der Waals surface area contributed by atoms with E-state index in [0.29, 0.717) is 11.6 Å². The summed E-state index contributed by atoms with van der Waals surface area (Å²) >= 11 is 2.94. The van der Waals surface area contributed by atoms with Gasteiger partial charge in [-0.2, -0.15) is 0 Å². The van der Waals surface area contributed by atoms with Gasteiger partial charge in [0.2, 0.25) is 11.8 Å². The lowest BCUT2D eigenvalue weighted by Gasteiger charge is -2.11. The first-order chi connectivity index (χ1) is 14.5. The zero-order valence-electron chi connectivity index (χ0n) is 17.3. The summed E-state index contributed by atoms with van der Waals surface area (Å²) < 4.78 is 1.89. The number of thioether (sulfide) groups is 1. The molecule has 0 radical (unpaired) electrons. The fourth-order valence-electron chi connectivity index (χ4n) is 2.82. The molecule has 158 valence electrons. The van der Waals surface area contributed by atoms with Gasteiger partial charge in [-0.25, -0.2) is 0 Å². The summed E-state index contributed by atoms with van der Waals surface area (Å²) in [6.07, 6.45) is 2.37. The predicted molar refractivity (Wildman–Crippen MR) is 123 cm³/mol. The minimum absolute atomic E-state index is 0.00929. The summed E-state index contributed by atoms with van der Waals surface area (Å²) in [5, 5.41) is 16.9. The van der Waals surface area contributed by atoms with E-state index in [1.807, 2.05) is 48.2 Å². The molecule has 0 saturated carbocycles. The van der Waals surface area contributed by atoms with Crippen LogP contribution in [0.4, 0.5) is 11.4 Å². The summed E-state index contributed by atoms with van der Waals surface area (Å²) in [5.74, 6) is 0.907. The smallest absolute Gasteiger partial charge is 0.234 e. The van der Waals surface area contributed by atoms with E-state index in [1.165, 1.54) is 11.8 Å². The van der Waals surface area contributed by atoms with Crippen molar-refractivity contribution in [3.8, 4) is 10.7 Å². The van der Waals surface area contributed by atoms with Crippen molar-refractivity contribution in [2.45, 2.75) is 38.3 Å². The molecular weight excluding hydrogens is 418 g/mol. The van der Waals surface area contributed by atoms with Crippen LogP contribution in [-0.4, -0.2) is 32.3 Å². The molecule has 0 aliphatic rings. The highest BCUT2D eigenvalue weighted by atomic mass is 32.2. The first-order valence-corrected chi connectivity index (χ1v) is 11.6. The van der Waals surface area contributed by atoms with Crippen LogP contribution in [0.3, 0.4) is 0 Å². The minimum Gasteiger partial charge on any atom is -0.326 e. The molecule has 0 atom stereocenters. The number of thiophene rings is 1. The van der Waals surface area contributed by atoms with E-state index in [0.717, 1.165) is 40.5 Å². The highest BCUT2D eigenvalue weighted by Gasteiger charge is 2.14. The van der Waals surface area contributed by atoms with Crippen LogP contribution in [0.15, 0.2) is 40.9 Å². The van der Waals surface area contributed by atoms with E-state index in [4.69, 9.17) is 0 Å². The fourth-order valence-corrected chi connectivity index (χ4v) is 4.27. The molecule has 0 unspecified atom stereocenters. The highest BCUT2D eigenvalue weighted by Crippen LogP contribution is 2.26. The second-order valence-electron chi connectivity index (χ2n) is 6.86. The van der Waals surface area contributed by atoms with Gasteiger partial charge < -0.3 is 15.2 Å². The predicted octanol–water partition coefficient (Wildman–Crippen LogP) is 4.71. The van der Waals surface area contributed by atoms with Crippen molar-refractivity contribution in [3.05, 3.63) is 41.3 Å². The average molecular weight is 444 g/mol. The number of aryl methyl sites for hydroxylation is 1. The molecule has 0 aliphatic carbocycles. The third-order valence-corrected chi connectivity index (χ3v) is 6.34. The Labute approximate surface area is 184 Å². The lowest BCUT2D eigenvalue weighted by Crippen LogP contribution is -2.16. The van der Waals surface area contributed by atoms with Crippen molar-refractivity contribution in [2.24, 2.45) is 7.05 Å². The van der Waals surface area contributed by atoms with Gasteiger partial charge in [0.1, 0.15) is 0 Å². The number of carbonyl (C=O) groups is 2. The molecule has 0 aliphatic heterocycles. The van der Waals surface area contributed by atoms with Gasteiger partial charge in [-0.1, -0.05) is 31.2 Å². The molecule has 9 heteroatoms. The first kappa shape index (κ1) is 22.0. The van der Waals surface area contributed by atoms with Gasteiger partial charge in [-0.15, -0.1) is 21.5 Å². The number of unbranched alkanes of at least 4 members (excludes halogenated alkanes) is 1. The summed E-state index contributed by atoms with van der Waals surface area (Å²) in [6.45, 7) is 3.96. The maximum absolute atomic E-state index is 12.4. The molecule has 2 heterocycles. The van der Waals surface area contributed by atoms with Crippen LogP contribution in [0.5, 0.6) is 0 Å². The Morgan fingerprint density at radius 2 is 2.00 bits per heavy atom. The standard InChI is InChI=1S/C21H25N5O2S2/c1-4-5-8-18(27)22-15-9-10-16(14(2)12-15)23-19(28)13-30-21-25-24-20(26(21)3)17-7-6-11-29-17/h6-7,9-12H,4-5,8,13H2,1-3H3,(H,22,27)(H,23,28). The number of aromatic nitrogens is 3. The van der Waals surface area contributed by atoms with Gasteiger partial charge in [0.15, 0.2) is 11.0 Å². The van der Waals surface area contributed by atoms with Crippen molar-refractivity contribution in [1.82, 2.24) is 14.8 Å². The lowest BCUT2D eigenvalue weighted by molar-refractivity contribution is -0.116. The quantitative estimate of drug-likeness (QED) is 0.468. The topological polar surface area (TPSA) is 88.9 Å². The molecule has 0 bridgehead atoms. The van der Waals surface area contributed by atoms with Crippen LogP contribution in [0.2, 0.25) is 0 Å². The summed E-state index contributed by atoms with van der Waals surface area (Å²) in [4.78, 5) is 25.3. The van der Waals surface area contributed by atoms with Gasteiger partial charge in [-0.05, 0) is 48.6 Å². The zero-order valence-corrected chi connectivity index (χ0v) is 18.9. The highest BCUT2D eigenvalue weighted by molar-refractivity contribution is 7.99. The van der Waals surface area contributed by atoms with Crippen LogP contribution < -0.4 is 10.6 Å². The average Bonchev–Trinajstić information content (AvgIpc) is 3.36. The molecule has 2 aromatic heterocycles. The van der Waals surface area contributed by atoms with Crippen molar-refractivity contribution >= 4 is 46.3 Å². The van der Waals surface area contributed by atoms with Crippen molar-refractivity contribution < 1.29 is 9.59 Å². The Hall–Kier alpha value is -2.65. The van der Waals surface area contributed by atoms with Gasteiger partial charge in [0.05, 0.1) is 10.6 Å². The van der Waals surface area contributed by atoms with Gasteiger partial charge in [-0.3, -0.25) is 9.59 Å². The molecule has 7 nitrogen and oxygen atoms in total. The molecule has 2 N–H and O–H groups in total. The number of nitrogens with one attached hydrogen (secondary N) is 2. The number of hydrogen-bond donors (Lipinski definition) is 2. The molecule has 30 heavy (non-hydrogen) atoms. The third kappa shape index (κ3) is 5.70. The molecular formula is C21H25N5O2S2. The van der Waals surface area contributed by atoms with E-state index in [9.17, 15) is 9.59 Å². The number of amides is 2. The van der Waals surface area contributed by atoms with E-state index < -0.39 is 0 Å². The van der Waals surface area contributed by atoms with E-state index >= 15 is 0 Å². The van der Waals surface area contributed by atoms with Crippen LogP contribution in [0.25, 0.3) is 10.7 Å². The van der Waals surface area contributed by atoms with Gasteiger partial charge in [0, 0.05) is 24.8 Å². The number of hydrogen-bond acceptors (Lipinski definition) is 6. The molecule has 1 aromatic carbocycles. The van der Waals surface area contributed by atoms with Crippen LogP contribution in [0, 0.1) is 6.92 Å². The second kappa shape index (κ2) is 10.4. The zero-order chi connectivity index (χ0) is 21.5. The minimum atomic E-state index is -0.122. The Morgan fingerprint density at radius 1 is 1.17 bits per heavy atom. The van der Waals surface area contributed by atoms with Crippen LogP contribution in [0.1, 0.15) is 31.7 Å². The molecule has 2 amide bonds. The molecule has 3 aromatic rings. The summed E-state index contributed by atoms with van der Waals surface area (Å²) in [7, 11) is 1.90. The second-order valence-corrected chi connectivity index (χ2v) is 8.75. The number of anilines is 2. The maximum Gasteiger partial charge on any atom is 0.234 e. The molecule has 0 fully saturated rings. The molecule has 0 spiro atoms. The largest absolute Gasteiger partial charge is 0.326 e. The number of benzene rings is 1. The van der Waals surface area contributed by atoms with Gasteiger partial charge >= 0.3 is 0 Å². The monoisotopic (exact) mass is 443 g/mol. The van der Waals surface area contributed by atoms with E-state index in [1.54, 1.807) is 17.4 Å². The lowest BCUT2D eigenvalue weighted by atomic mass is 10.1. The van der Waals surface area contributed by atoms with Crippen molar-refractivity contribution in [3.63, 3.8) is 0 Å². The normalized spacial score (nSPS) is 10.8. The number of rotatable bonds is 9. The molecule has 3 rings (SSSR count). The van der Waals surface area contributed by atoms with Crippen LogP contribution >= 0.6 is 23.1 Å². The molecule has 0 saturated heterocycles. The first-order valence-electron chi connectivity index (χ1n) is 9.74. The van der Waals surface area contributed by atoms with Crippen molar-refractivity contribution in [2.75, 3.05) is 16.4 Å². The number of nitrogens with zero attached hydrogens (tertiary/aromatic N) is 3. The van der Waals surface area contributed by atoms with E-state index in [-0.39, 0.29) is 17.6 Å². The third-order valence-electron chi connectivity index (χ3n) is 4.45.